The van der Waals surface area contributed by atoms with Crippen LogP contribution in [-0.4, -0.2) is 17.1 Å². The van der Waals surface area contributed by atoms with Gasteiger partial charge in [-0.2, -0.15) is 0 Å². The van der Waals surface area contributed by atoms with Gasteiger partial charge in [0.2, 0.25) is 0 Å². The second kappa shape index (κ2) is 6.94. The lowest BCUT2D eigenvalue weighted by atomic mass is 9.83. The van der Waals surface area contributed by atoms with Gasteiger partial charge in [-0.25, -0.2) is 4.79 Å². The van der Waals surface area contributed by atoms with Crippen molar-refractivity contribution in [2.75, 3.05) is 0 Å². The summed E-state index contributed by atoms with van der Waals surface area (Å²) in [6, 6.07) is 4.25. The monoisotopic (exact) mass is 399 g/mol. The van der Waals surface area contributed by atoms with Crippen LogP contribution in [0.1, 0.15) is 44.1 Å². The number of carbonyl (C=O) groups excluding carboxylic acids is 1. The predicted molar refractivity (Wildman–Crippen MR) is 90.8 cm³/mol. The van der Waals surface area contributed by atoms with Crippen molar-refractivity contribution in [1.29, 1.82) is 0 Å². The SMILES string of the molecule is O=C(NCc1ccnc(I)c1)NC1CCCC(C2CC2)C1. The minimum absolute atomic E-state index is 0.0386. The largest absolute Gasteiger partial charge is 0.335 e. The van der Waals surface area contributed by atoms with E-state index in [-0.39, 0.29) is 6.03 Å². The van der Waals surface area contributed by atoms with Crippen LogP contribution in [0.3, 0.4) is 0 Å². The summed E-state index contributed by atoms with van der Waals surface area (Å²) in [7, 11) is 0. The third-order valence-corrected chi connectivity index (χ3v) is 5.17. The Kier molecular flexibility index (Phi) is 4.98. The summed E-state index contributed by atoms with van der Waals surface area (Å²) in [5.41, 5.74) is 1.09. The molecule has 5 heteroatoms. The van der Waals surface area contributed by atoms with Gasteiger partial charge in [0.25, 0.3) is 0 Å². The van der Waals surface area contributed by atoms with E-state index >= 15 is 0 Å². The van der Waals surface area contributed by atoms with E-state index in [4.69, 9.17) is 0 Å². The molecule has 2 saturated carbocycles. The van der Waals surface area contributed by atoms with Crippen molar-refractivity contribution in [3.8, 4) is 0 Å². The summed E-state index contributed by atoms with van der Waals surface area (Å²) in [6.07, 6.45) is 9.51. The Morgan fingerprint density at radius 1 is 1.29 bits per heavy atom. The molecule has 0 aromatic carbocycles. The molecule has 21 heavy (non-hydrogen) atoms. The topological polar surface area (TPSA) is 54.0 Å². The van der Waals surface area contributed by atoms with Gasteiger partial charge in [-0.15, -0.1) is 0 Å². The highest BCUT2D eigenvalue weighted by Gasteiger charge is 2.34. The molecule has 0 radical (unpaired) electrons. The van der Waals surface area contributed by atoms with E-state index in [0.29, 0.717) is 12.6 Å². The van der Waals surface area contributed by atoms with Crippen LogP contribution >= 0.6 is 22.6 Å². The molecule has 0 spiro atoms. The van der Waals surface area contributed by atoms with Crippen molar-refractivity contribution in [1.82, 2.24) is 15.6 Å². The van der Waals surface area contributed by atoms with Gasteiger partial charge in [-0.05, 0) is 77.8 Å². The molecule has 2 fully saturated rings. The highest BCUT2D eigenvalue weighted by atomic mass is 127. The highest BCUT2D eigenvalue weighted by molar-refractivity contribution is 14.1. The Morgan fingerprint density at radius 2 is 2.14 bits per heavy atom. The van der Waals surface area contributed by atoms with E-state index in [1.165, 1.54) is 32.1 Å². The molecule has 3 rings (SSSR count). The fourth-order valence-electron chi connectivity index (χ4n) is 3.33. The Bertz CT molecular complexity index is 504. The lowest BCUT2D eigenvalue weighted by Crippen LogP contribution is -2.44. The van der Waals surface area contributed by atoms with Gasteiger partial charge in [0.05, 0.1) is 0 Å². The molecule has 4 nitrogen and oxygen atoms in total. The van der Waals surface area contributed by atoms with Crippen LogP contribution in [0.15, 0.2) is 18.3 Å². The maximum Gasteiger partial charge on any atom is 0.315 e. The minimum Gasteiger partial charge on any atom is -0.335 e. The summed E-state index contributed by atoms with van der Waals surface area (Å²) < 4.78 is 0.951. The molecule has 2 atom stereocenters. The molecule has 1 heterocycles. The molecular formula is C16H22IN3O. The van der Waals surface area contributed by atoms with Gasteiger partial charge >= 0.3 is 6.03 Å². The number of carbonyl (C=O) groups is 1. The number of halogens is 1. The van der Waals surface area contributed by atoms with Crippen molar-refractivity contribution < 1.29 is 4.79 Å². The summed E-state index contributed by atoms with van der Waals surface area (Å²) in [5, 5.41) is 6.10. The summed E-state index contributed by atoms with van der Waals surface area (Å²) in [5.74, 6) is 1.81. The number of hydrogen-bond donors (Lipinski definition) is 2. The van der Waals surface area contributed by atoms with Crippen LogP contribution < -0.4 is 10.6 Å². The first-order valence-electron chi connectivity index (χ1n) is 7.85. The molecule has 2 aliphatic rings. The Hall–Kier alpha value is -0.850. The molecule has 2 amide bonds. The zero-order valence-corrected chi connectivity index (χ0v) is 14.3. The lowest BCUT2D eigenvalue weighted by Gasteiger charge is -2.29. The number of amides is 2. The third-order valence-electron chi connectivity index (χ3n) is 4.58. The van der Waals surface area contributed by atoms with E-state index < -0.39 is 0 Å². The molecule has 0 aliphatic heterocycles. The molecule has 0 bridgehead atoms. The van der Waals surface area contributed by atoms with Gasteiger partial charge in [0, 0.05) is 18.8 Å². The van der Waals surface area contributed by atoms with Crippen LogP contribution in [-0.2, 0) is 6.54 Å². The molecule has 1 aromatic heterocycles. The van der Waals surface area contributed by atoms with Crippen molar-refractivity contribution in [3.05, 3.63) is 27.6 Å². The molecule has 114 valence electrons. The minimum atomic E-state index is -0.0386. The van der Waals surface area contributed by atoms with Gasteiger partial charge < -0.3 is 10.6 Å². The molecular weight excluding hydrogens is 377 g/mol. The number of nitrogens with one attached hydrogen (secondary N) is 2. The number of nitrogens with zero attached hydrogens (tertiary/aromatic N) is 1. The summed E-state index contributed by atoms with van der Waals surface area (Å²) in [4.78, 5) is 16.2. The predicted octanol–water partition coefficient (Wildman–Crippen LogP) is 3.45. The maximum atomic E-state index is 12.0. The number of rotatable bonds is 4. The average molecular weight is 399 g/mol. The Balaban J connectivity index is 1.43. The number of pyridine rings is 1. The molecule has 2 N–H and O–H groups in total. The summed E-state index contributed by atoms with van der Waals surface area (Å²) in [6.45, 7) is 0.559. The second-order valence-corrected chi connectivity index (χ2v) is 7.38. The first kappa shape index (κ1) is 15.1. The van der Waals surface area contributed by atoms with Crippen LogP contribution in [0.25, 0.3) is 0 Å². The van der Waals surface area contributed by atoms with Gasteiger partial charge in [0.1, 0.15) is 3.70 Å². The lowest BCUT2D eigenvalue weighted by molar-refractivity contribution is 0.220. The van der Waals surface area contributed by atoms with Crippen molar-refractivity contribution in [3.63, 3.8) is 0 Å². The van der Waals surface area contributed by atoms with Crippen LogP contribution in [0.5, 0.6) is 0 Å². The van der Waals surface area contributed by atoms with E-state index in [0.717, 1.165) is 27.5 Å². The Morgan fingerprint density at radius 3 is 2.90 bits per heavy atom. The second-order valence-electron chi connectivity index (χ2n) is 6.27. The fraction of sp³-hybridized carbons (Fsp3) is 0.625. The van der Waals surface area contributed by atoms with Crippen LogP contribution in [0.4, 0.5) is 4.79 Å². The fourth-order valence-corrected chi connectivity index (χ4v) is 3.89. The number of aromatic nitrogens is 1. The smallest absolute Gasteiger partial charge is 0.315 e. The van der Waals surface area contributed by atoms with E-state index in [1.807, 2.05) is 12.1 Å². The van der Waals surface area contributed by atoms with Gasteiger partial charge in [-0.3, -0.25) is 4.98 Å². The van der Waals surface area contributed by atoms with Crippen LogP contribution in [0.2, 0.25) is 0 Å². The quantitative estimate of drug-likeness (QED) is 0.602. The molecule has 0 saturated heterocycles. The maximum absolute atomic E-state index is 12.0. The first-order chi connectivity index (χ1) is 10.2. The zero-order chi connectivity index (χ0) is 14.7. The van der Waals surface area contributed by atoms with E-state index in [9.17, 15) is 4.79 Å². The molecule has 2 unspecified atom stereocenters. The standard InChI is InChI=1S/C16H22IN3O/c17-15-8-11(6-7-18-15)10-19-16(21)20-14-3-1-2-13(9-14)12-4-5-12/h6-8,12-14H,1-5,9-10H2,(H2,19,20,21). The van der Waals surface area contributed by atoms with Crippen molar-refractivity contribution >= 4 is 28.6 Å². The molecule has 2 aliphatic carbocycles. The first-order valence-corrected chi connectivity index (χ1v) is 8.93. The average Bonchev–Trinajstić information content (AvgIpc) is 3.30. The van der Waals surface area contributed by atoms with E-state index in [1.54, 1.807) is 6.20 Å². The number of urea groups is 1. The van der Waals surface area contributed by atoms with Crippen molar-refractivity contribution in [2.24, 2.45) is 11.8 Å². The zero-order valence-electron chi connectivity index (χ0n) is 12.1. The Labute approximate surface area is 139 Å². The summed E-state index contributed by atoms with van der Waals surface area (Å²) >= 11 is 2.18. The number of hydrogen-bond acceptors (Lipinski definition) is 2. The highest BCUT2D eigenvalue weighted by Crippen LogP contribution is 2.43. The van der Waals surface area contributed by atoms with Crippen molar-refractivity contribution in [2.45, 2.75) is 51.1 Å². The third kappa shape index (κ3) is 4.56. The normalized spacial score (nSPS) is 25.4. The van der Waals surface area contributed by atoms with Gasteiger partial charge in [-0.1, -0.05) is 12.8 Å². The van der Waals surface area contributed by atoms with Gasteiger partial charge in [0.15, 0.2) is 0 Å². The molecule has 1 aromatic rings. The van der Waals surface area contributed by atoms with E-state index in [2.05, 4.69) is 38.2 Å². The van der Waals surface area contributed by atoms with Crippen LogP contribution in [0, 0.1) is 15.5 Å².